The largest absolute Gasteiger partial charge is 0.330 e. The van der Waals surface area contributed by atoms with E-state index in [9.17, 15) is 9.59 Å². The van der Waals surface area contributed by atoms with Gasteiger partial charge in [-0.3, -0.25) is 9.59 Å². The van der Waals surface area contributed by atoms with E-state index in [4.69, 9.17) is 0 Å². The molecule has 0 spiro atoms. The van der Waals surface area contributed by atoms with Gasteiger partial charge in [-0.15, -0.1) is 0 Å². The number of anilines is 1. The van der Waals surface area contributed by atoms with E-state index >= 15 is 0 Å². The number of rotatable bonds is 0. The van der Waals surface area contributed by atoms with E-state index in [0.29, 0.717) is 5.56 Å². The minimum absolute atomic E-state index is 0.0506. The number of likely N-dealkylation sites (N-methyl/N-ethyl adjacent to an activating group) is 2. The molecule has 20 heavy (non-hydrogen) atoms. The minimum atomic E-state index is -0.445. The average molecular weight is 274 g/mol. The lowest BCUT2D eigenvalue weighted by Crippen LogP contribution is -2.43. The second-order valence-electron chi connectivity index (χ2n) is 5.71. The van der Waals surface area contributed by atoms with E-state index in [1.54, 1.807) is 25.9 Å². The fourth-order valence-electron chi connectivity index (χ4n) is 2.88. The molecule has 0 aliphatic carbocycles. The third-order valence-corrected chi connectivity index (χ3v) is 4.79. The molecule has 0 aromatic heterocycles. The Morgan fingerprint density at radius 1 is 0.850 bits per heavy atom. The second-order valence-corrected chi connectivity index (χ2v) is 5.71. The predicted molar refractivity (Wildman–Crippen MR) is 80.4 cm³/mol. The highest BCUT2D eigenvalue weighted by Gasteiger charge is 2.36. The molecule has 2 rings (SSSR count). The summed E-state index contributed by atoms with van der Waals surface area (Å²) in [5.41, 5.74) is 5.66. The Morgan fingerprint density at radius 2 is 1.35 bits per heavy atom. The topological polar surface area (TPSA) is 40.6 Å². The van der Waals surface area contributed by atoms with E-state index < -0.39 is 6.04 Å². The van der Waals surface area contributed by atoms with E-state index in [1.807, 2.05) is 27.7 Å². The number of nitrogens with zero attached hydrogens (tertiary/aromatic N) is 2. The van der Waals surface area contributed by atoms with Crippen LogP contribution in [-0.4, -0.2) is 36.9 Å². The number of carbonyl (C=O) groups is 2. The molecule has 108 valence electrons. The average Bonchev–Trinajstić information content (AvgIpc) is 2.49. The fourth-order valence-corrected chi connectivity index (χ4v) is 2.88. The van der Waals surface area contributed by atoms with Crippen LogP contribution >= 0.6 is 0 Å². The quantitative estimate of drug-likeness (QED) is 0.728. The summed E-state index contributed by atoms with van der Waals surface area (Å²) in [4.78, 5) is 28.3. The van der Waals surface area contributed by atoms with Crippen LogP contribution in [0.1, 0.15) is 39.5 Å². The summed E-state index contributed by atoms with van der Waals surface area (Å²) in [6.07, 6.45) is 0. The van der Waals surface area contributed by atoms with Crippen LogP contribution < -0.4 is 4.90 Å². The Kier molecular flexibility index (Phi) is 3.36. The fraction of sp³-hybridized carbons (Fsp3) is 0.500. The van der Waals surface area contributed by atoms with Crippen LogP contribution in [0.25, 0.3) is 0 Å². The molecule has 1 aromatic rings. The molecule has 0 fully saturated rings. The summed E-state index contributed by atoms with van der Waals surface area (Å²) in [6, 6.07) is -0.445. The van der Waals surface area contributed by atoms with Crippen molar-refractivity contribution >= 4 is 17.5 Å². The zero-order valence-corrected chi connectivity index (χ0v) is 13.3. The first-order valence-corrected chi connectivity index (χ1v) is 6.85. The molecule has 0 radical (unpaired) electrons. The summed E-state index contributed by atoms with van der Waals surface area (Å²) >= 11 is 0. The van der Waals surface area contributed by atoms with Crippen molar-refractivity contribution in [2.24, 2.45) is 0 Å². The predicted octanol–water partition coefficient (Wildman–Crippen LogP) is 2.36. The lowest BCUT2D eigenvalue weighted by molar-refractivity contribution is -0.121. The maximum Gasteiger partial charge on any atom is 0.256 e. The molecule has 1 aliphatic heterocycles. The Labute approximate surface area is 120 Å². The molecule has 1 unspecified atom stereocenters. The SMILES string of the molecule is Cc1c(C)c(C)c2c(c1C)C(=O)N(C)C(C)C(=O)N2C. The number of hydrogen-bond donors (Lipinski definition) is 0. The summed E-state index contributed by atoms with van der Waals surface area (Å²) in [5.74, 6) is -0.126. The van der Waals surface area contributed by atoms with Gasteiger partial charge < -0.3 is 9.80 Å². The van der Waals surface area contributed by atoms with E-state index in [-0.39, 0.29) is 11.8 Å². The third-order valence-electron chi connectivity index (χ3n) is 4.79. The standard InChI is InChI=1S/C16H22N2O2/c1-8-9(2)11(4)14-13(10(8)3)16(20)17(6)12(5)15(19)18(14)7/h12H,1-7H3. The molecule has 4 nitrogen and oxygen atoms in total. The van der Waals surface area contributed by atoms with Crippen LogP contribution in [0, 0.1) is 27.7 Å². The summed E-state index contributed by atoms with van der Waals surface area (Å²) in [5, 5.41) is 0. The third kappa shape index (κ3) is 1.74. The van der Waals surface area contributed by atoms with Gasteiger partial charge in [0.15, 0.2) is 0 Å². The first kappa shape index (κ1) is 14.6. The smallest absolute Gasteiger partial charge is 0.256 e. The van der Waals surface area contributed by atoms with Crippen molar-refractivity contribution in [2.75, 3.05) is 19.0 Å². The van der Waals surface area contributed by atoms with Gasteiger partial charge >= 0.3 is 0 Å². The minimum Gasteiger partial charge on any atom is -0.330 e. The molecule has 1 aromatic carbocycles. The molecular weight excluding hydrogens is 252 g/mol. The van der Waals surface area contributed by atoms with E-state index in [0.717, 1.165) is 27.9 Å². The number of hydrogen-bond acceptors (Lipinski definition) is 2. The van der Waals surface area contributed by atoms with Crippen LogP contribution in [-0.2, 0) is 4.79 Å². The Hall–Kier alpha value is -1.84. The summed E-state index contributed by atoms with van der Waals surface area (Å²) in [7, 11) is 3.45. The van der Waals surface area contributed by atoms with Crippen molar-refractivity contribution < 1.29 is 9.59 Å². The van der Waals surface area contributed by atoms with E-state index in [1.165, 1.54) is 4.90 Å². The van der Waals surface area contributed by atoms with Crippen molar-refractivity contribution in [3.8, 4) is 0 Å². The van der Waals surface area contributed by atoms with Gasteiger partial charge in [-0.1, -0.05) is 0 Å². The Morgan fingerprint density at radius 3 is 1.90 bits per heavy atom. The highest BCUT2D eigenvalue weighted by Crippen LogP contribution is 2.36. The zero-order chi connectivity index (χ0) is 15.4. The first-order valence-electron chi connectivity index (χ1n) is 6.85. The van der Waals surface area contributed by atoms with Gasteiger partial charge in [0.25, 0.3) is 5.91 Å². The van der Waals surface area contributed by atoms with Gasteiger partial charge in [-0.05, 0) is 56.9 Å². The van der Waals surface area contributed by atoms with Crippen LogP contribution in [0.4, 0.5) is 5.69 Å². The zero-order valence-electron chi connectivity index (χ0n) is 13.3. The van der Waals surface area contributed by atoms with Crippen LogP contribution in [0.3, 0.4) is 0 Å². The van der Waals surface area contributed by atoms with Gasteiger partial charge in [-0.2, -0.15) is 0 Å². The molecule has 1 atom stereocenters. The van der Waals surface area contributed by atoms with Crippen LogP contribution in [0.15, 0.2) is 0 Å². The van der Waals surface area contributed by atoms with Crippen molar-refractivity contribution in [3.63, 3.8) is 0 Å². The van der Waals surface area contributed by atoms with Gasteiger partial charge in [0.1, 0.15) is 6.04 Å². The van der Waals surface area contributed by atoms with Gasteiger partial charge in [0, 0.05) is 14.1 Å². The number of fused-ring (bicyclic) bond motifs is 1. The van der Waals surface area contributed by atoms with Crippen molar-refractivity contribution in [1.82, 2.24) is 4.90 Å². The Balaban J connectivity index is 2.89. The van der Waals surface area contributed by atoms with Crippen LogP contribution in [0.2, 0.25) is 0 Å². The van der Waals surface area contributed by atoms with Crippen molar-refractivity contribution in [2.45, 2.75) is 40.7 Å². The number of carbonyl (C=O) groups excluding carboxylic acids is 2. The van der Waals surface area contributed by atoms with Crippen molar-refractivity contribution in [1.29, 1.82) is 0 Å². The molecule has 0 N–H and O–H groups in total. The molecule has 0 bridgehead atoms. The van der Waals surface area contributed by atoms with Gasteiger partial charge in [0.05, 0.1) is 11.3 Å². The van der Waals surface area contributed by atoms with Gasteiger partial charge in [0.2, 0.25) is 5.91 Å². The van der Waals surface area contributed by atoms with Crippen molar-refractivity contribution in [3.05, 3.63) is 27.8 Å². The number of benzene rings is 1. The normalized spacial score (nSPS) is 19.2. The summed E-state index contributed by atoms with van der Waals surface area (Å²) < 4.78 is 0. The first-order chi connectivity index (χ1) is 9.20. The summed E-state index contributed by atoms with van der Waals surface area (Å²) in [6.45, 7) is 9.78. The highest BCUT2D eigenvalue weighted by atomic mass is 16.2. The molecule has 1 aliphatic rings. The lowest BCUT2D eigenvalue weighted by Gasteiger charge is -2.24. The molecule has 2 amide bonds. The van der Waals surface area contributed by atoms with Gasteiger partial charge in [-0.25, -0.2) is 0 Å². The van der Waals surface area contributed by atoms with E-state index in [2.05, 4.69) is 0 Å². The Bertz CT molecular complexity index is 620. The second kappa shape index (κ2) is 4.62. The molecule has 4 heteroatoms. The monoisotopic (exact) mass is 274 g/mol. The molecule has 0 saturated carbocycles. The van der Waals surface area contributed by atoms with Crippen LogP contribution in [0.5, 0.6) is 0 Å². The molecule has 1 heterocycles. The number of amides is 2. The highest BCUT2D eigenvalue weighted by molar-refractivity contribution is 6.12. The lowest BCUT2D eigenvalue weighted by atomic mass is 9.91. The molecule has 0 saturated heterocycles. The molecular formula is C16H22N2O2. The maximum atomic E-state index is 12.7. The maximum absolute atomic E-state index is 12.7.